The monoisotopic (exact) mass is 236 g/mol. The molecule has 6 heteroatoms. The number of nitrogens with one attached hydrogen (secondary N) is 1. The van der Waals surface area contributed by atoms with Crippen LogP contribution in [0.25, 0.3) is 0 Å². The molecule has 6 nitrogen and oxygen atoms in total. The quantitative estimate of drug-likeness (QED) is 0.738. The Balaban J connectivity index is 2.33. The zero-order valence-electron chi connectivity index (χ0n) is 9.43. The number of benzene rings is 1. The van der Waals surface area contributed by atoms with Crippen LogP contribution in [0, 0.1) is 0 Å². The third kappa shape index (κ3) is 1.77. The summed E-state index contributed by atoms with van der Waals surface area (Å²) in [4.78, 5) is 24.0. The third-order valence-electron chi connectivity index (χ3n) is 2.69. The Kier molecular flexibility index (Phi) is 2.63. The Morgan fingerprint density at radius 2 is 2.12 bits per heavy atom. The summed E-state index contributed by atoms with van der Waals surface area (Å²) in [7, 11) is 2.84. The Labute approximate surface area is 97.8 Å². The molecule has 1 aliphatic rings. The van der Waals surface area contributed by atoms with E-state index in [-0.39, 0.29) is 11.7 Å². The summed E-state index contributed by atoms with van der Waals surface area (Å²) in [5, 5.41) is 12.1. The first kappa shape index (κ1) is 11.3. The van der Waals surface area contributed by atoms with Crippen molar-refractivity contribution in [2.45, 2.75) is 6.04 Å². The summed E-state index contributed by atoms with van der Waals surface area (Å²) in [6, 6.07) is 3.38. The fraction of sp³-hybridized carbons (Fsp3) is 0.273. The lowest BCUT2D eigenvalue weighted by Crippen LogP contribution is -2.25. The number of ether oxygens (including phenoxy) is 1. The van der Waals surface area contributed by atoms with Gasteiger partial charge in [-0.1, -0.05) is 6.07 Å². The Morgan fingerprint density at radius 1 is 1.41 bits per heavy atom. The van der Waals surface area contributed by atoms with Crippen LogP contribution in [0.4, 0.5) is 4.79 Å². The van der Waals surface area contributed by atoms with Crippen molar-refractivity contribution in [2.24, 2.45) is 0 Å². The van der Waals surface area contributed by atoms with Crippen LogP contribution >= 0.6 is 0 Å². The number of phenols is 1. The fourth-order valence-corrected chi connectivity index (χ4v) is 1.69. The van der Waals surface area contributed by atoms with E-state index in [1.807, 2.05) is 0 Å². The highest BCUT2D eigenvalue weighted by Gasteiger charge is 2.36. The minimum Gasteiger partial charge on any atom is -0.504 e. The fourth-order valence-electron chi connectivity index (χ4n) is 1.69. The molecule has 1 aliphatic heterocycles. The first-order valence-electron chi connectivity index (χ1n) is 4.99. The molecule has 0 aromatic heterocycles. The molecule has 0 saturated carbocycles. The molecule has 2 N–H and O–H groups in total. The standard InChI is InChI=1S/C11H12N2O4/c1-13-10(15)9(12-11(13)16)6-3-4-8(17-2)7(14)5-6/h3-5,9,14H,1-2H3,(H,12,16). The highest BCUT2D eigenvalue weighted by atomic mass is 16.5. The number of rotatable bonds is 2. The zero-order valence-corrected chi connectivity index (χ0v) is 9.43. The molecule has 0 radical (unpaired) electrons. The van der Waals surface area contributed by atoms with Gasteiger partial charge in [0.15, 0.2) is 11.5 Å². The molecule has 1 atom stereocenters. The van der Waals surface area contributed by atoms with Gasteiger partial charge < -0.3 is 15.2 Å². The van der Waals surface area contributed by atoms with Crippen molar-refractivity contribution in [1.82, 2.24) is 10.2 Å². The summed E-state index contributed by atoms with van der Waals surface area (Å²) in [5.41, 5.74) is 0.519. The molecular formula is C11H12N2O4. The van der Waals surface area contributed by atoms with Crippen LogP contribution in [-0.4, -0.2) is 36.1 Å². The van der Waals surface area contributed by atoms with Gasteiger partial charge in [0.25, 0.3) is 5.91 Å². The topological polar surface area (TPSA) is 78.9 Å². The normalized spacial score (nSPS) is 19.4. The number of hydrogen-bond donors (Lipinski definition) is 2. The van der Waals surface area contributed by atoms with E-state index in [1.165, 1.54) is 20.2 Å². The summed E-state index contributed by atoms with van der Waals surface area (Å²) >= 11 is 0. The molecule has 1 fully saturated rings. The molecule has 2 rings (SSSR count). The van der Waals surface area contributed by atoms with Gasteiger partial charge in [0.05, 0.1) is 7.11 Å². The molecule has 1 saturated heterocycles. The van der Waals surface area contributed by atoms with Gasteiger partial charge >= 0.3 is 6.03 Å². The van der Waals surface area contributed by atoms with E-state index in [2.05, 4.69) is 5.32 Å². The largest absolute Gasteiger partial charge is 0.504 e. The summed E-state index contributed by atoms with van der Waals surface area (Å²) in [6.45, 7) is 0. The number of urea groups is 1. The van der Waals surface area contributed by atoms with Crippen molar-refractivity contribution in [3.8, 4) is 11.5 Å². The minimum absolute atomic E-state index is 0.0680. The lowest BCUT2D eigenvalue weighted by atomic mass is 10.1. The van der Waals surface area contributed by atoms with Crippen LogP contribution in [0.2, 0.25) is 0 Å². The second-order valence-electron chi connectivity index (χ2n) is 3.71. The predicted molar refractivity (Wildman–Crippen MR) is 58.7 cm³/mol. The lowest BCUT2D eigenvalue weighted by Gasteiger charge is -2.10. The van der Waals surface area contributed by atoms with Crippen molar-refractivity contribution in [3.63, 3.8) is 0 Å². The molecule has 90 valence electrons. The van der Waals surface area contributed by atoms with E-state index in [0.717, 1.165) is 4.90 Å². The van der Waals surface area contributed by atoms with E-state index in [4.69, 9.17) is 4.74 Å². The summed E-state index contributed by atoms with van der Waals surface area (Å²) < 4.78 is 4.90. The highest BCUT2D eigenvalue weighted by molar-refractivity contribution is 6.04. The predicted octanol–water partition coefficient (Wildman–Crippen LogP) is 0.623. The molecule has 17 heavy (non-hydrogen) atoms. The van der Waals surface area contributed by atoms with Gasteiger partial charge in [-0.2, -0.15) is 0 Å². The number of nitrogens with zero attached hydrogens (tertiary/aromatic N) is 1. The van der Waals surface area contributed by atoms with Crippen LogP contribution in [0.3, 0.4) is 0 Å². The summed E-state index contributed by atoms with van der Waals surface area (Å²) in [5.74, 6) is -0.0972. The molecule has 1 aromatic carbocycles. The van der Waals surface area contributed by atoms with Gasteiger partial charge in [-0.25, -0.2) is 4.79 Å². The second-order valence-corrected chi connectivity index (χ2v) is 3.71. The molecule has 0 aliphatic carbocycles. The maximum atomic E-state index is 11.7. The molecule has 0 spiro atoms. The first-order valence-corrected chi connectivity index (χ1v) is 4.99. The Morgan fingerprint density at radius 3 is 2.59 bits per heavy atom. The third-order valence-corrected chi connectivity index (χ3v) is 2.69. The van der Waals surface area contributed by atoms with Crippen LogP contribution < -0.4 is 10.1 Å². The van der Waals surface area contributed by atoms with E-state index < -0.39 is 12.1 Å². The average molecular weight is 236 g/mol. The number of aromatic hydroxyl groups is 1. The number of carbonyl (C=O) groups is 2. The zero-order chi connectivity index (χ0) is 12.6. The lowest BCUT2D eigenvalue weighted by molar-refractivity contribution is -0.126. The van der Waals surface area contributed by atoms with Crippen LogP contribution in [0.15, 0.2) is 18.2 Å². The van der Waals surface area contributed by atoms with Crippen molar-refractivity contribution in [1.29, 1.82) is 0 Å². The van der Waals surface area contributed by atoms with Gasteiger partial charge in [-0.15, -0.1) is 0 Å². The molecular weight excluding hydrogens is 224 g/mol. The summed E-state index contributed by atoms with van der Waals surface area (Å²) in [6.07, 6.45) is 0. The number of hydrogen-bond acceptors (Lipinski definition) is 4. The van der Waals surface area contributed by atoms with Gasteiger partial charge in [0.2, 0.25) is 0 Å². The number of phenolic OH excluding ortho intramolecular Hbond substituents is 1. The number of carbonyl (C=O) groups excluding carboxylic acids is 2. The van der Waals surface area contributed by atoms with Crippen molar-refractivity contribution in [3.05, 3.63) is 23.8 Å². The smallest absolute Gasteiger partial charge is 0.324 e. The minimum atomic E-state index is -0.746. The van der Waals surface area contributed by atoms with Gasteiger partial charge in [0, 0.05) is 7.05 Å². The molecule has 1 heterocycles. The number of methoxy groups -OCH3 is 1. The van der Waals surface area contributed by atoms with Crippen molar-refractivity contribution >= 4 is 11.9 Å². The number of amides is 3. The van der Waals surface area contributed by atoms with Gasteiger partial charge in [-0.05, 0) is 17.7 Å². The molecule has 0 bridgehead atoms. The van der Waals surface area contributed by atoms with Crippen molar-refractivity contribution < 1.29 is 19.4 Å². The number of imide groups is 1. The maximum Gasteiger partial charge on any atom is 0.324 e. The molecule has 3 amide bonds. The van der Waals surface area contributed by atoms with E-state index >= 15 is 0 Å². The van der Waals surface area contributed by atoms with Crippen LogP contribution in [-0.2, 0) is 4.79 Å². The Bertz CT molecular complexity index is 486. The van der Waals surface area contributed by atoms with Gasteiger partial charge in [-0.3, -0.25) is 9.69 Å². The second kappa shape index (κ2) is 3.97. The molecule has 1 aromatic rings. The molecule has 1 unspecified atom stereocenters. The van der Waals surface area contributed by atoms with E-state index in [0.29, 0.717) is 11.3 Å². The number of likely N-dealkylation sites (N-methyl/N-ethyl adjacent to an activating group) is 1. The first-order chi connectivity index (χ1) is 8.04. The van der Waals surface area contributed by atoms with Crippen molar-refractivity contribution in [2.75, 3.05) is 14.2 Å². The van der Waals surface area contributed by atoms with E-state index in [1.54, 1.807) is 12.1 Å². The van der Waals surface area contributed by atoms with Crippen LogP contribution in [0.5, 0.6) is 11.5 Å². The SMILES string of the molecule is COc1ccc(C2NC(=O)N(C)C2=O)cc1O. The average Bonchev–Trinajstić information content (AvgIpc) is 2.57. The van der Waals surface area contributed by atoms with Gasteiger partial charge in [0.1, 0.15) is 6.04 Å². The van der Waals surface area contributed by atoms with Crippen LogP contribution in [0.1, 0.15) is 11.6 Å². The highest BCUT2D eigenvalue weighted by Crippen LogP contribution is 2.30. The maximum absolute atomic E-state index is 11.7. The van der Waals surface area contributed by atoms with E-state index in [9.17, 15) is 14.7 Å². The Hall–Kier alpha value is -2.24.